The van der Waals surface area contributed by atoms with Crippen LogP contribution in [0.1, 0.15) is 32.1 Å². The van der Waals surface area contributed by atoms with Crippen molar-refractivity contribution >= 4 is 5.91 Å². The number of hydroxylamine groups is 1. The van der Waals surface area contributed by atoms with Crippen LogP contribution in [0.4, 0.5) is 0 Å². The van der Waals surface area contributed by atoms with Gasteiger partial charge in [-0.15, -0.1) is 6.42 Å². The zero-order valence-electron chi connectivity index (χ0n) is 7.01. The molecule has 0 unspecified atom stereocenters. The van der Waals surface area contributed by atoms with Crippen molar-refractivity contribution in [3.63, 3.8) is 0 Å². The molecule has 0 aliphatic heterocycles. The van der Waals surface area contributed by atoms with E-state index in [2.05, 4.69) is 11.4 Å². The minimum atomic E-state index is -0.232. The number of rotatable bonds is 3. The zero-order valence-corrected chi connectivity index (χ0v) is 7.01. The van der Waals surface area contributed by atoms with Gasteiger partial charge in [0.25, 0.3) is 5.91 Å². The van der Waals surface area contributed by atoms with E-state index in [0.717, 1.165) is 12.8 Å². The van der Waals surface area contributed by atoms with Gasteiger partial charge in [-0.1, -0.05) is 18.8 Å². The molecule has 1 aliphatic rings. The Hall–Kier alpha value is -1.01. The average Bonchev–Trinajstić information content (AvgIpc) is 2.53. The zero-order chi connectivity index (χ0) is 8.81. The first-order valence-corrected chi connectivity index (χ1v) is 4.21. The smallest absolute Gasteiger partial charge is 0.255 e. The largest absolute Gasteiger partial charge is 0.272 e. The first-order chi connectivity index (χ1) is 5.83. The van der Waals surface area contributed by atoms with Crippen LogP contribution in [-0.4, -0.2) is 12.0 Å². The quantitative estimate of drug-likeness (QED) is 0.503. The molecule has 1 aliphatic carbocycles. The van der Waals surface area contributed by atoms with Crippen LogP contribution in [0.5, 0.6) is 0 Å². The van der Waals surface area contributed by atoms with Gasteiger partial charge in [0.1, 0.15) is 0 Å². The molecule has 0 saturated heterocycles. The van der Waals surface area contributed by atoms with E-state index in [9.17, 15) is 4.79 Å². The molecule has 0 aromatic rings. The fourth-order valence-corrected chi connectivity index (χ4v) is 1.28. The summed E-state index contributed by atoms with van der Waals surface area (Å²) in [5.41, 5.74) is 2.34. The summed E-state index contributed by atoms with van der Waals surface area (Å²) >= 11 is 0. The van der Waals surface area contributed by atoms with Crippen molar-refractivity contribution in [2.24, 2.45) is 0 Å². The van der Waals surface area contributed by atoms with Crippen molar-refractivity contribution in [2.75, 3.05) is 0 Å². The minimum Gasteiger partial charge on any atom is -0.272 e. The number of terminal acetylenes is 1. The maximum atomic E-state index is 10.8. The molecule has 3 heteroatoms. The summed E-state index contributed by atoms with van der Waals surface area (Å²) in [5, 5.41) is 0. The predicted octanol–water partition coefficient (Wildman–Crippen LogP) is 1.00. The third kappa shape index (κ3) is 2.93. The topological polar surface area (TPSA) is 38.3 Å². The van der Waals surface area contributed by atoms with Crippen LogP contribution in [0, 0.1) is 12.3 Å². The fourth-order valence-electron chi connectivity index (χ4n) is 1.28. The molecule has 1 saturated carbocycles. The fraction of sp³-hybridized carbons (Fsp3) is 0.667. The van der Waals surface area contributed by atoms with Gasteiger partial charge in [0.15, 0.2) is 0 Å². The van der Waals surface area contributed by atoms with E-state index in [1.165, 1.54) is 12.8 Å². The molecule has 12 heavy (non-hydrogen) atoms. The molecule has 1 amide bonds. The molecule has 66 valence electrons. The number of carbonyl (C=O) groups is 1. The SMILES string of the molecule is C#CCC(=O)NOC1CCCC1. The number of amides is 1. The lowest BCUT2D eigenvalue weighted by molar-refractivity contribution is -0.137. The van der Waals surface area contributed by atoms with Gasteiger partial charge in [-0.05, 0) is 12.8 Å². The summed E-state index contributed by atoms with van der Waals surface area (Å²) in [4.78, 5) is 15.9. The third-order valence-electron chi connectivity index (χ3n) is 1.90. The van der Waals surface area contributed by atoms with Crippen LogP contribution in [0.3, 0.4) is 0 Å². The molecule has 1 rings (SSSR count). The molecule has 0 spiro atoms. The molecule has 0 bridgehead atoms. The van der Waals surface area contributed by atoms with Gasteiger partial charge < -0.3 is 0 Å². The number of hydrogen-bond acceptors (Lipinski definition) is 2. The van der Waals surface area contributed by atoms with E-state index in [4.69, 9.17) is 11.3 Å². The highest BCUT2D eigenvalue weighted by atomic mass is 16.7. The van der Waals surface area contributed by atoms with Crippen molar-refractivity contribution in [3.05, 3.63) is 0 Å². The number of hydrogen-bond donors (Lipinski definition) is 1. The molecule has 1 fully saturated rings. The monoisotopic (exact) mass is 167 g/mol. The molecule has 1 N–H and O–H groups in total. The third-order valence-corrected chi connectivity index (χ3v) is 1.90. The summed E-state index contributed by atoms with van der Waals surface area (Å²) < 4.78 is 0. The van der Waals surface area contributed by atoms with Crippen molar-refractivity contribution in [1.82, 2.24) is 5.48 Å². The highest BCUT2D eigenvalue weighted by molar-refractivity contribution is 5.77. The van der Waals surface area contributed by atoms with Crippen molar-refractivity contribution in [1.29, 1.82) is 0 Å². The molecular formula is C9H13NO2. The van der Waals surface area contributed by atoms with Crippen LogP contribution < -0.4 is 5.48 Å². The Morgan fingerprint density at radius 2 is 2.25 bits per heavy atom. The number of carbonyl (C=O) groups excluding carboxylic acids is 1. The van der Waals surface area contributed by atoms with Crippen LogP contribution in [0.15, 0.2) is 0 Å². The summed E-state index contributed by atoms with van der Waals surface area (Å²) in [5.74, 6) is 2.02. The van der Waals surface area contributed by atoms with Crippen LogP contribution in [-0.2, 0) is 9.63 Å². The summed E-state index contributed by atoms with van der Waals surface area (Å²) in [7, 11) is 0. The second-order valence-corrected chi connectivity index (χ2v) is 2.93. The molecule has 0 radical (unpaired) electrons. The summed E-state index contributed by atoms with van der Waals surface area (Å²) in [6.07, 6.45) is 9.69. The Morgan fingerprint density at radius 3 is 2.83 bits per heavy atom. The number of nitrogens with one attached hydrogen (secondary N) is 1. The van der Waals surface area contributed by atoms with Gasteiger partial charge in [0.05, 0.1) is 12.5 Å². The van der Waals surface area contributed by atoms with Crippen LogP contribution in [0.2, 0.25) is 0 Å². The Bertz CT molecular complexity index is 189. The minimum absolute atomic E-state index is 0.0900. The molecule has 0 atom stereocenters. The maximum Gasteiger partial charge on any atom is 0.255 e. The van der Waals surface area contributed by atoms with Crippen molar-refractivity contribution in [2.45, 2.75) is 38.2 Å². The molecule has 0 aromatic heterocycles. The van der Waals surface area contributed by atoms with Gasteiger partial charge in [-0.3, -0.25) is 9.63 Å². The van der Waals surface area contributed by atoms with E-state index < -0.39 is 0 Å². The predicted molar refractivity (Wildman–Crippen MR) is 44.9 cm³/mol. The highest BCUT2D eigenvalue weighted by Crippen LogP contribution is 2.19. The first-order valence-electron chi connectivity index (χ1n) is 4.21. The lowest BCUT2D eigenvalue weighted by atomic mass is 10.3. The summed E-state index contributed by atoms with van der Waals surface area (Å²) in [6, 6.07) is 0. The Balaban J connectivity index is 2.08. The van der Waals surface area contributed by atoms with Gasteiger partial charge >= 0.3 is 0 Å². The lowest BCUT2D eigenvalue weighted by Gasteiger charge is -2.09. The standard InChI is InChI=1S/C9H13NO2/c1-2-5-9(11)10-12-8-6-3-4-7-8/h1,8H,3-7H2,(H,10,11). The van der Waals surface area contributed by atoms with E-state index in [0.29, 0.717) is 0 Å². The van der Waals surface area contributed by atoms with Gasteiger partial charge in [0.2, 0.25) is 0 Å². The highest BCUT2D eigenvalue weighted by Gasteiger charge is 2.16. The van der Waals surface area contributed by atoms with Gasteiger partial charge in [-0.25, -0.2) is 5.48 Å². The molecule has 0 heterocycles. The molecule has 0 aromatic carbocycles. The van der Waals surface area contributed by atoms with Gasteiger partial charge in [0, 0.05) is 0 Å². The summed E-state index contributed by atoms with van der Waals surface area (Å²) in [6.45, 7) is 0. The van der Waals surface area contributed by atoms with E-state index in [1.54, 1.807) is 0 Å². The van der Waals surface area contributed by atoms with E-state index >= 15 is 0 Å². The Kier molecular flexibility index (Phi) is 3.62. The van der Waals surface area contributed by atoms with Crippen LogP contribution in [0.25, 0.3) is 0 Å². The van der Waals surface area contributed by atoms with Gasteiger partial charge in [-0.2, -0.15) is 0 Å². The Morgan fingerprint density at radius 1 is 1.58 bits per heavy atom. The van der Waals surface area contributed by atoms with Crippen molar-refractivity contribution < 1.29 is 9.63 Å². The van der Waals surface area contributed by atoms with Crippen molar-refractivity contribution in [3.8, 4) is 12.3 Å². The first kappa shape index (κ1) is 9.08. The molecular weight excluding hydrogens is 154 g/mol. The van der Waals surface area contributed by atoms with Crippen LogP contribution >= 0.6 is 0 Å². The van der Waals surface area contributed by atoms with E-state index in [1.807, 2.05) is 0 Å². The van der Waals surface area contributed by atoms with E-state index in [-0.39, 0.29) is 18.4 Å². The Labute approximate surface area is 72.4 Å². The molecule has 3 nitrogen and oxygen atoms in total. The average molecular weight is 167 g/mol. The normalized spacial score (nSPS) is 17.2. The lowest BCUT2D eigenvalue weighted by Crippen LogP contribution is -2.27. The second kappa shape index (κ2) is 4.78. The second-order valence-electron chi connectivity index (χ2n) is 2.93. The maximum absolute atomic E-state index is 10.8.